The zero-order valence-corrected chi connectivity index (χ0v) is 24.3. The molecule has 1 saturated heterocycles. The Labute approximate surface area is 230 Å². The van der Waals surface area contributed by atoms with Crippen LogP contribution < -0.4 is 10.4 Å². The van der Waals surface area contributed by atoms with Gasteiger partial charge in [-0.2, -0.15) is 0 Å². The normalized spacial score (nSPS) is 25.7. The zero-order valence-electron chi connectivity index (χ0n) is 22.5. The first-order chi connectivity index (χ1) is 18.2. The fourth-order valence-electron chi connectivity index (χ4n) is 6.36. The number of hydrogen-bond donors (Lipinski definition) is 1. The van der Waals surface area contributed by atoms with E-state index >= 15 is 0 Å². The lowest BCUT2D eigenvalue weighted by molar-refractivity contribution is -0.0814. The van der Waals surface area contributed by atoms with E-state index in [9.17, 15) is 9.90 Å². The minimum Gasteiger partial charge on any atom is -0.464 e. The Kier molecular flexibility index (Phi) is 7.89. The van der Waals surface area contributed by atoms with Gasteiger partial charge in [0.25, 0.3) is 8.32 Å². The summed E-state index contributed by atoms with van der Waals surface area (Å²) < 4.78 is 18.5. The van der Waals surface area contributed by atoms with E-state index in [1.807, 2.05) is 12.1 Å². The van der Waals surface area contributed by atoms with Gasteiger partial charge in [-0.3, -0.25) is 0 Å². The number of nitrogens with zero attached hydrogens (tertiary/aromatic N) is 1. The lowest BCUT2D eigenvalue weighted by Gasteiger charge is -2.44. The summed E-state index contributed by atoms with van der Waals surface area (Å²) in [5.41, 5.74) is 0.321. The second-order valence-corrected chi connectivity index (χ2v) is 16.6. The van der Waals surface area contributed by atoms with Crippen molar-refractivity contribution in [2.45, 2.75) is 63.4 Å². The predicted octanol–water partition coefficient (Wildman–Crippen LogP) is 4.72. The number of aromatic nitrogens is 1. The van der Waals surface area contributed by atoms with E-state index in [-0.39, 0.29) is 29.1 Å². The van der Waals surface area contributed by atoms with Crippen molar-refractivity contribution < 1.29 is 23.8 Å². The first-order valence-corrected chi connectivity index (χ1v) is 16.2. The molecule has 0 radical (unpaired) electrons. The highest BCUT2D eigenvalue weighted by molar-refractivity contribution is 7.09. The predicted molar refractivity (Wildman–Crippen MR) is 151 cm³/mol. The van der Waals surface area contributed by atoms with Crippen LogP contribution in [0.4, 0.5) is 0 Å². The van der Waals surface area contributed by atoms with Crippen LogP contribution in [0, 0.1) is 11.8 Å². The number of aliphatic hydroxyl groups excluding tert-OH is 1. The molecule has 0 bridgehead atoms. The summed E-state index contributed by atoms with van der Waals surface area (Å²) in [5.74, 6) is -0.206. The number of rotatable bonds is 7. The van der Waals surface area contributed by atoms with Gasteiger partial charge in [-0.15, -0.1) is 11.3 Å². The number of methoxy groups -OCH3 is 1. The fraction of sp³-hybridized carbons (Fsp3) is 0.467. The minimum atomic E-state index is -2.68. The van der Waals surface area contributed by atoms with Gasteiger partial charge >= 0.3 is 5.97 Å². The Balaban J connectivity index is 1.37. The van der Waals surface area contributed by atoms with Crippen molar-refractivity contribution in [3.8, 4) is 0 Å². The summed E-state index contributed by atoms with van der Waals surface area (Å²) in [6.45, 7) is 7.32. The molecule has 0 amide bonds. The van der Waals surface area contributed by atoms with Crippen molar-refractivity contribution in [2.24, 2.45) is 11.8 Å². The summed E-state index contributed by atoms with van der Waals surface area (Å²) in [4.78, 5) is 16.3. The summed E-state index contributed by atoms with van der Waals surface area (Å²) >= 11 is 1.43. The standard InChI is InChI=1S/C30H37NO5SSi/c1-30(2,3)38(20-11-7-5-8-12-20,21-13-9-6-10-14-21)35-18-23-22-15-16-26(36-27(22)17-25(23)32)28-31-24(19-37-28)29(33)34-4/h5-14,19,22-23,25-27,32H,15-18H2,1-4H3/t22-,23-,25+,26-,27+/m1/s1. The third-order valence-electron chi connectivity index (χ3n) is 8.20. The van der Waals surface area contributed by atoms with Gasteiger partial charge in [0.2, 0.25) is 0 Å². The smallest absolute Gasteiger partial charge is 0.357 e. The molecule has 3 aromatic rings. The van der Waals surface area contributed by atoms with Crippen molar-refractivity contribution in [1.82, 2.24) is 4.98 Å². The quantitative estimate of drug-likeness (QED) is 0.338. The van der Waals surface area contributed by atoms with Crippen LogP contribution in [0.25, 0.3) is 0 Å². The molecule has 38 heavy (non-hydrogen) atoms. The minimum absolute atomic E-state index is 0.00419. The number of hydrogen-bond acceptors (Lipinski definition) is 7. The van der Waals surface area contributed by atoms with Gasteiger partial charge < -0.3 is 19.0 Å². The highest BCUT2D eigenvalue weighted by Gasteiger charge is 2.53. The SMILES string of the molecule is COC(=O)c1csc([C@H]2CC[C@@H]3[C@@H](CO[Si](c4ccccc4)(c4ccccc4)C(C)(C)C)[C@@H](O)C[C@@H]3O2)n1. The van der Waals surface area contributed by atoms with E-state index in [1.165, 1.54) is 28.8 Å². The second-order valence-electron chi connectivity index (χ2n) is 11.4. The van der Waals surface area contributed by atoms with Crippen molar-refractivity contribution in [1.29, 1.82) is 0 Å². The molecule has 2 fully saturated rings. The molecular weight excluding hydrogens is 514 g/mol. The van der Waals surface area contributed by atoms with E-state index < -0.39 is 20.4 Å². The number of aliphatic hydroxyl groups is 1. The average Bonchev–Trinajstić information content (AvgIpc) is 3.53. The first kappa shape index (κ1) is 27.2. The number of carbonyl (C=O) groups excluding carboxylic acids is 1. The lowest BCUT2D eigenvalue weighted by Crippen LogP contribution is -2.67. The van der Waals surface area contributed by atoms with Gasteiger partial charge in [-0.05, 0) is 34.2 Å². The molecule has 0 unspecified atom stereocenters. The second kappa shape index (κ2) is 11.0. The van der Waals surface area contributed by atoms with E-state index in [0.717, 1.165) is 17.8 Å². The largest absolute Gasteiger partial charge is 0.464 e. The lowest BCUT2D eigenvalue weighted by atomic mass is 9.87. The highest BCUT2D eigenvalue weighted by atomic mass is 32.1. The maximum atomic E-state index is 11.8. The van der Waals surface area contributed by atoms with Crippen molar-refractivity contribution in [2.75, 3.05) is 13.7 Å². The molecule has 0 spiro atoms. The van der Waals surface area contributed by atoms with Crippen molar-refractivity contribution in [3.63, 3.8) is 0 Å². The van der Waals surface area contributed by atoms with Crippen LogP contribution in [-0.2, 0) is 13.9 Å². The highest BCUT2D eigenvalue weighted by Crippen LogP contribution is 2.47. The fourth-order valence-corrected chi connectivity index (χ4v) is 11.8. The molecule has 1 aliphatic carbocycles. The summed E-state index contributed by atoms with van der Waals surface area (Å²) in [6.07, 6.45) is 1.62. The summed E-state index contributed by atoms with van der Waals surface area (Å²) in [6, 6.07) is 21.3. The Morgan fingerprint density at radius 1 is 1.08 bits per heavy atom. The molecular formula is C30H37NO5SSi. The Morgan fingerprint density at radius 3 is 2.29 bits per heavy atom. The zero-order chi connectivity index (χ0) is 26.9. The van der Waals surface area contributed by atoms with Crippen LogP contribution in [0.15, 0.2) is 66.0 Å². The Bertz CT molecular complexity index is 1190. The molecule has 202 valence electrons. The third kappa shape index (κ3) is 5.00. The molecule has 5 rings (SSSR count). The van der Waals surface area contributed by atoms with Crippen LogP contribution >= 0.6 is 11.3 Å². The van der Waals surface area contributed by atoms with Gasteiger partial charge in [0.1, 0.15) is 11.1 Å². The summed E-state index contributed by atoms with van der Waals surface area (Å²) in [7, 11) is -1.33. The van der Waals surface area contributed by atoms with Gasteiger partial charge in [0.05, 0.1) is 19.3 Å². The van der Waals surface area contributed by atoms with Gasteiger partial charge in [0, 0.05) is 24.3 Å². The molecule has 2 heterocycles. The molecule has 1 saturated carbocycles. The van der Waals surface area contributed by atoms with Crippen LogP contribution in [0.5, 0.6) is 0 Å². The molecule has 2 aliphatic rings. The van der Waals surface area contributed by atoms with Crippen LogP contribution in [0.3, 0.4) is 0 Å². The number of carbonyl (C=O) groups is 1. The van der Waals surface area contributed by atoms with Gasteiger partial charge in [0.15, 0.2) is 5.69 Å². The molecule has 1 N–H and O–H groups in total. The number of esters is 1. The third-order valence-corrected chi connectivity index (χ3v) is 14.1. The summed E-state index contributed by atoms with van der Waals surface area (Å²) in [5, 5.41) is 16.1. The van der Waals surface area contributed by atoms with Gasteiger partial charge in [-0.25, -0.2) is 9.78 Å². The number of ether oxygens (including phenoxy) is 2. The van der Waals surface area contributed by atoms with Crippen LogP contribution in [0.1, 0.15) is 61.6 Å². The number of benzene rings is 2. The topological polar surface area (TPSA) is 77.9 Å². The molecule has 5 atom stereocenters. The van der Waals surface area contributed by atoms with E-state index in [4.69, 9.17) is 13.9 Å². The molecule has 8 heteroatoms. The van der Waals surface area contributed by atoms with Gasteiger partial charge in [-0.1, -0.05) is 81.4 Å². The maximum Gasteiger partial charge on any atom is 0.357 e. The van der Waals surface area contributed by atoms with E-state index in [1.54, 1.807) is 5.38 Å². The molecule has 1 aromatic heterocycles. The monoisotopic (exact) mass is 551 g/mol. The average molecular weight is 552 g/mol. The molecule has 6 nitrogen and oxygen atoms in total. The van der Waals surface area contributed by atoms with Crippen molar-refractivity contribution in [3.05, 3.63) is 76.7 Å². The van der Waals surface area contributed by atoms with Crippen LogP contribution in [-0.4, -0.2) is 50.3 Å². The Hall–Kier alpha value is -2.36. The molecule has 2 aromatic carbocycles. The van der Waals surface area contributed by atoms with Crippen molar-refractivity contribution >= 4 is 36.0 Å². The number of thiazole rings is 1. The first-order valence-electron chi connectivity index (χ1n) is 13.4. The maximum absolute atomic E-state index is 11.8. The van der Waals surface area contributed by atoms with E-state index in [2.05, 4.69) is 74.3 Å². The number of fused-ring (bicyclic) bond motifs is 1. The molecule has 1 aliphatic heterocycles. The van der Waals surface area contributed by atoms with Crippen LogP contribution in [0.2, 0.25) is 5.04 Å². The Morgan fingerprint density at radius 2 is 1.71 bits per heavy atom. The van der Waals surface area contributed by atoms with E-state index in [0.29, 0.717) is 18.7 Å².